The van der Waals surface area contributed by atoms with Gasteiger partial charge in [-0.3, -0.25) is 4.79 Å². The second kappa shape index (κ2) is 3.57. The lowest BCUT2D eigenvalue weighted by atomic mass is 9.91. The van der Waals surface area contributed by atoms with Crippen LogP contribution in [0.5, 0.6) is 0 Å². The SMILES string of the molecule is O=C(O)C(=O)C1(O)CNc2ccc(Br)cc21. The number of rotatable bonds is 2. The number of aliphatic hydroxyl groups is 1. The number of aliphatic carboxylic acids is 1. The maximum Gasteiger partial charge on any atom is 0.375 e. The molecule has 0 saturated carbocycles. The number of nitrogens with one attached hydrogen (secondary N) is 1. The van der Waals surface area contributed by atoms with E-state index in [1.165, 1.54) is 6.07 Å². The Balaban J connectivity index is 2.53. The van der Waals surface area contributed by atoms with Gasteiger partial charge in [0, 0.05) is 15.7 Å². The second-order valence-electron chi connectivity index (χ2n) is 3.54. The van der Waals surface area contributed by atoms with Crippen LogP contribution >= 0.6 is 15.9 Å². The number of halogens is 1. The van der Waals surface area contributed by atoms with E-state index in [1.807, 2.05) is 0 Å². The minimum absolute atomic E-state index is 0.121. The molecule has 16 heavy (non-hydrogen) atoms. The fraction of sp³-hybridized carbons (Fsp3) is 0.200. The Morgan fingerprint density at radius 3 is 2.75 bits per heavy atom. The van der Waals surface area contributed by atoms with Crippen molar-refractivity contribution in [2.45, 2.75) is 5.60 Å². The van der Waals surface area contributed by atoms with Crippen LogP contribution in [0, 0.1) is 0 Å². The van der Waals surface area contributed by atoms with Gasteiger partial charge in [-0.15, -0.1) is 0 Å². The smallest absolute Gasteiger partial charge is 0.375 e. The Bertz CT molecular complexity index is 488. The summed E-state index contributed by atoms with van der Waals surface area (Å²) in [5, 5.41) is 21.5. The van der Waals surface area contributed by atoms with E-state index in [2.05, 4.69) is 21.2 Å². The van der Waals surface area contributed by atoms with Gasteiger partial charge in [-0.25, -0.2) is 4.79 Å². The molecular formula is C10H8BrNO4. The van der Waals surface area contributed by atoms with Crippen molar-refractivity contribution in [3.8, 4) is 0 Å². The van der Waals surface area contributed by atoms with E-state index in [1.54, 1.807) is 12.1 Å². The number of hydrogen-bond donors (Lipinski definition) is 3. The molecule has 2 rings (SSSR count). The van der Waals surface area contributed by atoms with Crippen molar-refractivity contribution in [3.63, 3.8) is 0 Å². The van der Waals surface area contributed by atoms with E-state index >= 15 is 0 Å². The first kappa shape index (κ1) is 11.1. The highest BCUT2D eigenvalue weighted by Crippen LogP contribution is 2.37. The van der Waals surface area contributed by atoms with Crippen LogP contribution in [0.2, 0.25) is 0 Å². The summed E-state index contributed by atoms with van der Waals surface area (Å²) in [6, 6.07) is 4.95. The molecule has 1 aliphatic rings. The van der Waals surface area contributed by atoms with Crippen molar-refractivity contribution in [2.75, 3.05) is 11.9 Å². The second-order valence-corrected chi connectivity index (χ2v) is 4.45. The summed E-state index contributed by atoms with van der Waals surface area (Å²) < 4.78 is 0.673. The molecule has 3 N–H and O–H groups in total. The third-order valence-electron chi connectivity index (χ3n) is 2.53. The predicted octanol–water partition coefficient (Wildman–Crippen LogP) is 0.716. The summed E-state index contributed by atoms with van der Waals surface area (Å²) in [6.45, 7) is -0.121. The van der Waals surface area contributed by atoms with Gasteiger partial charge in [0.15, 0.2) is 5.60 Å². The number of carboxylic acids is 1. The Labute approximate surface area is 99.2 Å². The summed E-state index contributed by atoms with van der Waals surface area (Å²) in [6.07, 6.45) is 0. The van der Waals surface area contributed by atoms with Gasteiger partial charge in [0.2, 0.25) is 0 Å². The van der Waals surface area contributed by atoms with Crippen LogP contribution < -0.4 is 5.32 Å². The molecule has 0 fully saturated rings. The molecule has 1 unspecified atom stereocenters. The first-order chi connectivity index (χ1) is 7.45. The van der Waals surface area contributed by atoms with Crippen molar-refractivity contribution < 1.29 is 19.8 Å². The average molecular weight is 286 g/mol. The maximum absolute atomic E-state index is 11.4. The van der Waals surface area contributed by atoms with Crippen molar-refractivity contribution in [2.24, 2.45) is 0 Å². The lowest BCUT2D eigenvalue weighted by Gasteiger charge is -2.18. The first-order valence-electron chi connectivity index (χ1n) is 4.49. The minimum atomic E-state index is -1.98. The van der Waals surface area contributed by atoms with Crippen LogP contribution in [-0.4, -0.2) is 28.5 Å². The number of carboxylic acid groups (broad SMARTS) is 1. The number of carbonyl (C=O) groups excluding carboxylic acids is 1. The van der Waals surface area contributed by atoms with E-state index < -0.39 is 17.4 Å². The molecule has 1 heterocycles. The molecular weight excluding hydrogens is 278 g/mol. The Kier molecular flexibility index (Phi) is 2.47. The van der Waals surface area contributed by atoms with Crippen LogP contribution in [0.15, 0.2) is 22.7 Å². The van der Waals surface area contributed by atoms with E-state index in [9.17, 15) is 14.7 Å². The quantitative estimate of drug-likeness (QED) is 0.697. The van der Waals surface area contributed by atoms with E-state index in [4.69, 9.17) is 5.11 Å². The normalized spacial score (nSPS) is 22.4. The highest BCUT2D eigenvalue weighted by molar-refractivity contribution is 9.10. The van der Waals surface area contributed by atoms with E-state index in [0.29, 0.717) is 10.2 Å². The van der Waals surface area contributed by atoms with Crippen molar-refractivity contribution >= 4 is 33.4 Å². The van der Waals surface area contributed by atoms with Crippen LogP contribution in [0.4, 0.5) is 5.69 Å². The maximum atomic E-state index is 11.4. The molecule has 1 aromatic rings. The van der Waals surface area contributed by atoms with Crippen LogP contribution in [0.3, 0.4) is 0 Å². The Morgan fingerprint density at radius 2 is 2.12 bits per heavy atom. The molecule has 0 aliphatic carbocycles. The molecule has 0 radical (unpaired) electrons. The fourth-order valence-electron chi connectivity index (χ4n) is 1.71. The fourth-order valence-corrected chi connectivity index (χ4v) is 2.07. The van der Waals surface area contributed by atoms with Gasteiger partial charge in [0.1, 0.15) is 0 Å². The number of β-amino-alcohol motifs (C(OH)–C–C–N with tert-alkyl or cyclic N) is 1. The summed E-state index contributed by atoms with van der Waals surface area (Å²) in [7, 11) is 0. The van der Waals surface area contributed by atoms with Crippen LogP contribution in [-0.2, 0) is 15.2 Å². The minimum Gasteiger partial charge on any atom is -0.475 e. The van der Waals surface area contributed by atoms with E-state index in [-0.39, 0.29) is 12.1 Å². The van der Waals surface area contributed by atoms with Crippen molar-refractivity contribution in [3.05, 3.63) is 28.2 Å². The highest BCUT2D eigenvalue weighted by Gasteiger charge is 2.47. The topological polar surface area (TPSA) is 86.6 Å². The van der Waals surface area contributed by atoms with E-state index in [0.717, 1.165) is 0 Å². The van der Waals surface area contributed by atoms with Crippen molar-refractivity contribution in [1.82, 2.24) is 0 Å². The zero-order chi connectivity index (χ0) is 11.9. The molecule has 0 saturated heterocycles. The lowest BCUT2D eigenvalue weighted by molar-refractivity contribution is -0.158. The van der Waals surface area contributed by atoms with Gasteiger partial charge < -0.3 is 15.5 Å². The lowest BCUT2D eigenvalue weighted by Crippen LogP contribution is -2.42. The Morgan fingerprint density at radius 1 is 1.44 bits per heavy atom. The number of anilines is 1. The van der Waals surface area contributed by atoms with Gasteiger partial charge in [0.05, 0.1) is 6.54 Å². The van der Waals surface area contributed by atoms with Crippen LogP contribution in [0.1, 0.15) is 5.56 Å². The zero-order valence-corrected chi connectivity index (χ0v) is 9.61. The molecule has 0 amide bonds. The van der Waals surface area contributed by atoms with Gasteiger partial charge in [-0.1, -0.05) is 15.9 Å². The molecule has 0 aromatic heterocycles. The number of fused-ring (bicyclic) bond motifs is 1. The van der Waals surface area contributed by atoms with Gasteiger partial charge in [-0.2, -0.15) is 0 Å². The summed E-state index contributed by atoms with van der Waals surface area (Å²) in [5.41, 5.74) is -1.13. The molecule has 6 heteroatoms. The number of carbonyl (C=O) groups is 2. The zero-order valence-electron chi connectivity index (χ0n) is 8.03. The molecule has 1 aliphatic heterocycles. The van der Waals surface area contributed by atoms with Gasteiger partial charge in [0.25, 0.3) is 5.78 Å². The largest absolute Gasteiger partial charge is 0.475 e. The highest BCUT2D eigenvalue weighted by atomic mass is 79.9. The molecule has 5 nitrogen and oxygen atoms in total. The number of hydrogen-bond acceptors (Lipinski definition) is 4. The van der Waals surface area contributed by atoms with Crippen LogP contribution in [0.25, 0.3) is 0 Å². The Hall–Kier alpha value is -1.40. The first-order valence-corrected chi connectivity index (χ1v) is 5.28. The van der Waals surface area contributed by atoms with Crippen molar-refractivity contribution in [1.29, 1.82) is 0 Å². The molecule has 1 atom stereocenters. The standard InChI is InChI=1S/C10H8BrNO4/c11-5-1-2-7-6(3-5)10(16,4-12-7)8(13)9(14)15/h1-3,12,16H,4H2,(H,14,15). The summed E-state index contributed by atoms with van der Waals surface area (Å²) in [5.74, 6) is -2.87. The van der Waals surface area contributed by atoms with Gasteiger partial charge in [-0.05, 0) is 18.2 Å². The summed E-state index contributed by atoms with van der Waals surface area (Å²) in [4.78, 5) is 22.1. The summed E-state index contributed by atoms with van der Waals surface area (Å²) >= 11 is 3.21. The number of benzene rings is 1. The predicted molar refractivity (Wildman–Crippen MR) is 59.2 cm³/mol. The third-order valence-corrected chi connectivity index (χ3v) is 3.02. The average Bonchev–Trinajstić information content (AvgIpc) is 2.56. The molecule has 84 valence electrons. The molecule has 0 bridgehead atoms. The number of ketones is 1. The third kappa shape index (κ3) is 1.50. The monoisotopic (exact) mass is 285 g/mol. The molecule has 1 aromatic carbocycles. The number of Topliss-reactive ketones (excluding diaryl/α,β-unsaturated/α-hetero) is 1. The molecule has 0 spiro atoms. The van der Waals surface area contributed by atoms with Gasteiger partial charge >= 0.3 is 5.97 Å².